The summed E-state index contributed by atoms with van der Waals surface area (Å²) in [4.78, 5) is 0. The molecule has 0 aromatic heterocycles. The Morgan fingerprint density at radius 2 is 1.60 bits per heavy atom. The molecule has 0 saturated carbocycles. The Hall–Kier alpha value is -0.160. The molecule has 1 rings (SSSR count). The zero-order valence-corrected chi connectivity index (χ0v) is 13.4. The van der Waals surface area contributed by atoms with Gasteiger partial charge in [0.2, 0.25) is 0 Å². The lowest BCUT2D eigenvalue weighted by molar-refractivity contribution is 0.0120. The van der Waals surface area contributed by atoms with Gasteiger partial charge in [-0.3, -0.25) is 0 Å². The van der Waals surface area contributed by atoms with Crippen LogP contribution in [-0.4, -0.2) is 52.2 Å². The van der Waals surface area contributed by atoms with E-state index in [1.807, 2.05) is 0 Å². The molecule has 4 heteroatoms. The number of piperidine rings is 1. The van der Waals surface area contributed by atoms with E-state index >= 15 is 0 Å². The van der Waals surface area contributed by atoms with Crippen molar-refractivity contribution in [3.8, 4) is 0 Å². The number of hydrogen-bond acceptors (Lipinski definition) is 4. The lowest BCUT2D eigenvalue weighted by Gasteiger charge is -2.28. The van der Waals surface area contributed by atoms with E-state index in [-0.39, 0.29) is 0 Å². The topological polar surface area (TPSA) is 39.7 Å². The molecule has 4 nitrogen and oxygen atoms in total. The second-order valence-corrected chi connectivity index (χ2v) is 5.76. The number of rotatable bonds is 12. The summed E-state index contributed by atoms with van der Waals surface area (Å²) in [7, 11) is 0. The fraction of sp³-hybridized carbons (Fsp3) is 1.00. The highest BCUT2D eigenvalue weighted by atomic mass is 16.5. The molecule has 0 amide bonds. The zero-order chi connectivity index (χ0) is 14.5. The minimum absolute atomic E-state index is 0.645. The van der Waals surface area contributed by atoms with Gasteiger partial charge in [-0.25, -0.2) is 0 Å². The number of unbranched alkanes of at least 4 members (excludes halogenated alkanes) is 1. The summed E-state index contributed by atoms with van der Waals surface area (Å²) in [6.07, 6.45) is 6.03. The van der Waals surface area contributed by atoms with Crippen LogP contribution in [-0.2, 0) is 14.2 Å². The molecule has 0 aromatic carbocycles. The number of hydrogen-bond donors (Lipinski definition) is 1. The van der Waals surface area contributed by atoms with Gasteiger partial charge in [0.05, 0.1) is 26.4 Å². The van der Waals surface area contributed by atoms with Crippen molar-refractivity contribution in [1.82, 2.24) is 5.32 Å². The SMILES string of the molecule is CCCCOCCOCCOCCC1CC(C)CCN1. The van der Waals surface area contributed by atoms with E-state index in [0.29, 0.717) is 32.5 Å². The summed E-state index contributed by atoms with van der Waals surface area (Å²) in [5.41, 5.74) is 0. The van der Waals surface area contributed by atoms with Crippen LogP contribution >= 0.6 is 0 Å². The van der Waals surface area contributed by atoms with Crippen molar-refractivity contribution < 1.29 is 14.2 Å². The van der Waals surface area contributed by atoms with Crippen LogP contribution in [0.15, 0.2) is 0 Å². The van der Waals surface area contributed by atoms with Crippen LogP contribution in [0.25, 0.3) is 0 Å². The van der Waals surface area contributed by atoms with Gasteiger partial charge in [-0.05, 0) is 38.1 Å². The van der Waals surface area contributed by atoms with Gasteiger partial charge in [0, 0.05) is 19.3 Å². The summed E-state index contributed by atoms with van der Waals surface area (Å²) in [5.74, 6) is 0.859. The summed E-state index contributed by atoms with van der Waals surface area (Å²) in [6.45, 7) is 10.1. The van der Waals surface area contributed by atoms with Crippen molar-refractivity contribution >= 4 is 0 Å². The van der Waals surface area contributed by atoms with E-state index in [2.05, 4.69) is 19.2 Å². The van der Waals surface area contributed by atoms with Crippen LogP contribution in [0, 0.1) is 5.92 Å². The Bertz CT molecular complexity index is 214. The van der Waals surface area contributed by atoms with Crippen molar-refractivity contribution in [3.05, 3.63) is 0 Å². The highest BCUT2D eigenvalue weighted by molar-refractivity contribution is 4.75. The van der Waals surface area contributed by atoms with Gasteiger partial charge < -0.3 is 19.5 Å². The molecule has 1 N–H and O–H groups in total. The molecule has 0 aliphatic carbocycles. The molecule has 0 aromatic rings. The zero-order valence-electron chi connectivity index (χ0n) is 13.4. The Kier molecular flexibility index (Phi) is 11.2. The van der Waals surface area contributed by atoms with Crippen molar-refractivity contribution in [1.29, 1.82) is 0 Å². The minimum Gasteiger partial charge on any atom is -0.379 e. The smallest absolute Gasteiger partial charge is 0.0701 e. The second-order valence-electron chi connectivity index (χ2n) is 5.76. The summed E-state index contributed by atoms with van der Waals surface area (Å²) in [5, 5.41) is 3.56. The van der Waals surface area contributed by atoms with Gasteiger partial charge in [-0.2, -0.15) is 0 Å². The standard InChI is InChI=1S/C16H33NO3/c1-3-4-8-18-10-12-20-13-11-19-9-6-16-14-15(2)5-7-17-16/h15-17H,3-14H2,1-2H3. The maximum atomic E-state index is 5.61. The molecule has 1 saturated heterocycles. The average molecular weight is 287 g/mol. The van der Waals surface area contributed by atoms with Gasteiger partial charge in [0.25, 0.3) is 0 Å². The quantitative estimate of drug-likeness (QED) is 0.560. The first-order chi connectivity index (χ1) is 9.83. The Morgan fingerprint density at radius 1 is 0.950 bits per heavy atom. The molecule has 0 spiro atoms. The highest BCUT2D eigenvalue weighted by Gasteiger charge is 2.17. The van der Waals surface area contributed by atoms with Crippen LogP contribution < -0.4 is 5.32 Å². The van der Waals surface area contributed by atoms with Crippen LogP contribution in [0.2, 0.25) is 0 Å². The van der Waals surface area contributed by atoms with Gasteiger partial charge in [0.1, 0.15) is 0 Å². The van der Waals surface area contributed by atoms with E-state index < -0.39 is 0 Å². The predicted molar refractivity (Wildman–Crippen MR) is 82.2 cm³/mol. The van der Waals surface area contributed by atoms with Gasteiger partial charge in [-0.1, -0.05) is 20.3 Å². The number of ether oxygens (including phenoxy) is 3. The summed E-state index contributed by atoms with van der Waals surface area (Å²) < 4.78 is 16.5. The normalized spacial score (nSPS) is 23.1. The van der Waals surface area contributed by atoms with E-state index in [0.717, 1.165) is 38.5 Å². The largest absolute Gasteiger partial charge is 0.379 e. The predicted octanol–water partition coefficient (Wildman–Crippen LogP) is 2.61. The molecule has 1 heterocycles. The molecule has 2 atom stereocenters. The lowest BCUT2D eigenvalue weighted by atomic mass is 9.93. The minimum atomic E-state index is 0.645. The van der Waals surface area contributed by atoms with E-state index in [1.54, 1.807) is 0 Å². The first kappa shape index (κ1) is 17.9. The molecule has 0 radical (unpaired) electrons. The Labute approximate surface area is 124 Å². The van der Waals surface area contributed by atoms with Gasteiger partial charge in [0.15, 0.2) is 0 Å². The van der Waals surface area contributed by atoms with Crippen molar-refractivity contribution in [2.24, 2.45) is 5.92 Å². The Morgan fingerprint density at radius 3 is 2.25 bits per heavy atom. The molecule has 1 fully saturated rings. The van der Waals surface area contributed by atoms with Crippen LogP contribution in [0.3, 0.4) is 0 Å². The second kappa shape index (κ2) is 12.6. The summed E-state index contributed by atoms with van der Waals surface area (Å²) >= 11 is 0. The maximum Gasteiger partial charge on any atom is 0.0701 e. The third-order valence-electron chi connectivity index (χ3n) is 3.75. The number of nitrogens with one attached hydrogen (secondary N) is 1. The Balaban J connectivity index is 1.76. The molecule has 0 bridgehead atoms. The first-order valence-corrected chi connectivity index (χ1v) is 8.29. The van der Waals surface area contributed by atoms with Crippen molar-refractivity contribution in [3.63, 3.8) is 0 Å². The third-order valence-corrected chi connectivity index (χ3v) is 3.75. The molecule has 20 heavy (non-hydrogen) atoms. The highest BCUT2D eigenvalue weighted by Crippen LogP contribution is 2.16. The molecule has 1 aliphatic rings. The van der Waals surface area contributed by atoms with Crippen molar-refractivity contribution in [2.75, 3.05) is 46.2 Å². The fourth-order valence-corrected chi connectivity index (χ4v) is 2.45. The molecular weight excluding hydrogens is 254 g/mol. The van der Waals surface area contributed by atoms with Gasteiger partial charge >= 0.3 is 0 Å². The lowest BCUT2D eigenvalue weighted by Crippen LogP contribution is -2.38. The summed E-state index contributed by atoms with van der Waals surface area (Å²) in [6, 6.07) is 0.645. The molecular formula is C16H33NO3. The van der Waals surface area contributed by atoms with Crippen LogP contribution in [0.4, 0.5) is 0 Å². The fourth-order valence-electron chi connectivity index (χ4n) is 2.45. The molecule has 2 unspecified atom stereocenters. The van der Waals surface area contributed by atoms with Crippen molar-refractivity contribution in [2.45, 2.75) is 52.0 Å². The first-order valence-electron chi connectivity index (χ1n) is 8.29. The maximum absolute atomic E-state index is 5.61. The van der Waals surface area contributed by atoms with E-state index in [4.69, 9.17) is 14.2 Å². The van der Waals surface area contributed by atoms with Crippen LogP contribution in [0.1, 0.15) is 46.0 Å². The third kappa shape index (κ3) is 9.70. The van der Waals surface area contributed by atoms with Gasteiger partial charge in [-0.15, -0.1) is 0 Å². The van der Waals surface area contributed by atoms with Crippen LogP contribution in [0.5, 0.6) is 0 Å². The molecule has 1 aliphatic heterocycles. The van der Waals surface area contributed by atoms with E-state index in [1.165, 1.54) is 19.3 Å². The monoisotopic (exact) mass is 287 g/mol. The molecule has 120 valence electrons. The van der Waals surface area contributed by atoms with E-state index in [9.17, 15) is 0 Å². The average Bonchev–Trinajstić information content (AvgIpc) is 2.45.